The van der Waals surface area contributed by atoms with Crippen LogP contribution in [0.1, 0.15) is 41.3 Å². The van der Waals surface area contributed by atoms with E-state index in [-0.39, 0.29) is 12.5 Å². The van der Waals surface area contributed by atoms with E-state index in [0.29, 0.717) is 22.8 Å². The second-order valence-corrected chi connectivity index (χ2v) is 8.27. The van der Waals surface area contributed by atoms with Gasteiger partial charge in [-0.25, -0.2) is 4.79 Å². The van der Waals surface area contributed by atoms with Crippen LogP contribution >= 0.6 is 11.8 Å². The van der Waals surface area contributed by atoms with Gasteiger partial charge in [-0.2, -0.15) is 5.26 Å². The van der Waals surface area contributed by atoms with E-state index in [4.69, 9.17) is 10.00 Å². The van der Waals surface area contributed by atoms with Gasteiger partial charge in [0.1, 0.15) is 0 Å². The summed E-state index contributed by atoms with van der Waals surface area (Å²) in [6.07, 6.45) is 2.13. The number of ether oxygens (including phenoxy) is 1. The molecule has 0 bridgehead atoms. The fraction of sp³-hybridized carbons (Fsp3) is 0.348. The SMILES string of the molecule is CC1CCCN(C(=O)COC(=O)c2ccccc2SCc2ccc(C#N)cc2)C1. The molecule has 1 unspecified atom stereocenters. The zero-order chi connectivity index (χ0) is 20.6. The van der Waals surface area contributed by atoms with Crippen molar-refractivity contribution in [2.75, 3.05) is 19.7 Å². The van der Waals surface area contributed by atoms with Crippen LogP contribution < -0.4 is 0 Å². The summed E-state index contributed by atoms with van der Waals surface area (Å²) in [6.45, 7) is 3.37. The maximum Gasteiger partial charge on any atom is 0.339 e. The molecule has 1 heterocycles. The van der Waals surface area contributed by atoms with Gasteiger partial charge >= 0.3 is 5.97 Å². The van der Waals surface area contributed by atoms with E-state index in [1.807, 2.05) is 24.3 Å². The Morgan fingerprint density at radius 3 is 2.69 bits per heavy atom. The summed E-state index contributed by atoms with van der Waals surface area (Å²) in [6, 6.07) is 16.7. The van der Waals surface area contributed by atoms with Gasteiger partial charge in [0.25, 0.3) is 5.91 Å². The molecule has 5 nitrogen and oxygen atoms in total. The molecule has 6 heteroatoms. The lowest BCUT2D eigenvalue weighted by atomic mass is 10.0. The van der Waals surface area contributed by atoms with Crippen LogP contribution in [0, 0.1) is 17.2 Å². The van der Waals surface area contributed by atoms with E-state index >= 15 is 0 Å². The van der Waals surface area contributed by atoms with Crippen molar-refractivity contribution >= 4 is 23.6 Å². The molecule has 3 rings (SSSR count). The highest BCUT2D eigenvalue weighted by Crippen LogP contribution is 2.27. The Morgan fingerprint density at radius 2 is 1.97 bits per heavy atom. The molecule has 1 aliphatic heterocycles. The first-order valence-corrected chi connectivity index (χ1v) is 10.7. The van der Waals surface area contributed by atoms with E-state index in [1.54, 1.807) is 29.2 Å². The monoisotopic (exact) mass is 408 g/mol. The number of amides is 1. The molecule has 29 heavy (non-hydrogen) atoms. The molecule has 1 amide bonds. The number of esters is 1. The number of hydrogen-bond acceptors (Lipinski definition) is 5. The minimum Gasteiger partial charge on any atom is -0.452 e. The number of carbonyl (C=O) groups excluding carboxylic acids is 2. The normalized spacial score (nSPS) is 16.1. The number of carbonyl (C=O) groups is 2. The van der Waals surface area contributed by atoms with Gasteiger partial charge in [0.05, 0.1) is 17.2 Å². The minimum absolute atomic E-state index is 0.132. The summed E-state index contributed by atoms with van der Waals surface area (Å²) in [5.74, 6) is 0.544. The summed E-state index contributed by atoms with van der Waals surface area (Å²) in [5.41, 5.74) is 2.15. The average molecular weight is 409 g/mol. The number of benzene rings is 2. The van der Waals surface area contributed by atoms with Crippen LogP contribution in [-0.4, -0.2) is 36.5 Å². The molecule has 2 aromatic rings. The number of thioether (sulfide) groups is 1. The van der Waals surface area contributed by atoms with Gasteiger partial charge in [-0.3, -0.25) is 4.79 Å². The van der Waals surface area contributed by atoms with Crippen molar-refractivity contribution in [3.05, 3.63) is 65.2 Å². The summed E-state index contributed by atoms with van der Waals surface area (Å²) in [5, 5.41) is 8.89. The lowest BCUT2D eigenvalue weighted by molar-refractivity contribution is -0.136. The highest BCUT2D eigenvalue weighted by atomic mass is 32.2. The molecule has 1 atom stereocenters. The van der Waals surface area contributed by atoms with Gasteiger partial charge in [-0.1, -0.05) is 31.2 Å². The molecule has 1 aliphatic rings. The van der Waals surface area contributed by atoms with Crippen molar-refractivity contribution < 1.29 is 14.3 Å². The first-order valence-electron chi connectivity index (χ1n) is 9.72. The number of rotatable bonds is 6. The minimum atomic E-state index is -0.480. The second kappa shape index (κ2) is 10.1. The zero-order valence-corrected chi connectivity index (χ0v) is 17.3. The summed E-state index contributed by atoms with van der Waals surface area (Å²) in [7, 11) is 0. The van der Waals surface area contributed by atoms with Crippen molar-refractivity contribution in [1.29, 1.82) is 5.26 Å². The smallest absolute Gasteiger partial charge is 0.339 e. The van der Waals surface area contributed by atoms with Crippen LogP contribution in [0.5, 0.6) is 0 Å². The molecular formula is C23H24N2O3S. The third-order valence-corrected chi connectivity index (χ3v) is 6.07. The molecule has 1 saturated heterocycles. The number of nitriles is 1. The Bertz CT molecular complexity index is 905. The number of nitrogens with zero attached hydrogens (tertiary/aromatic N) is 2. The first-order chi connectivity index (χ1) is 14.1. The second-order valence-electron chi connectivity index (χ2n) is 7.26. The van der Waals surface area contributed by atoms with Crippen LogP contribution in [-0.2, 0) is 15.3 Å². The Labute approximate surface area is 175 Å². The topological polar surface area (TPSA) is 70.4 Å². The fourth-order valence-corrected chi connectivity index (χ4v) is 4.31. The molecule has 0 radical (unpaired) electrons. The van der Waals surface area contributed by atoms with Gasteiger partial charge < -0.3 is 9.64 Å². The van der Waals surface area contributed by atoms with E-state index in [2.05, 4.69) is 13.0 Å². The molecular weight excluding hydrogens is 384 g/mol. The highest BCUT2D eigenvalue weighted by molar-refractivity contribution is 7.98. The number of piperidine rings is 1. The van der Waals surface area contributed by atoms with Gasteiger partial charge in [-0.15, -0.1) is 11.8 Å². The summed E-state index contributed by atoms with van der Waals surface area (Å²) < 4.78 is 5.32. The van der Waals surface area contributed by atoms with Crippen LogP contribution in [0.25, 0.3) is 0 Å². The maximum atomic E-state index is 12.6. The van der Waals surface area contributed by atoms with Gasteiger partial charge in [-0.05, 0) is 48.6 Å². The molecule has 150 valence electrons. The third-order valence-electron chi connectivity index (χ3n) is 4.92. The van der Waals surface area contributed by atoms with Gasteiger partial charge in [0, 0.05) is 23.7 Å². The number of likely N-dealkylation sites (tertiary alicyclic amines) is 1. The predicted octanol–water partition coefficient (Wildman–Crippen LogP) is 4.27. The first kappa shape index (κ1) is 20.9. The zero-order valence-electron chi connectivity index (χ0n) is 16.5. The standard InChI is InChI=1S/C23H24N2O3S/c1-17-5-4-12-25(14-17)22(26)15-28-23(27)20-6-2-3-7-21(20)29-16-19-10-8-18(13-24)9-11-19/h2-3,6-11,17H,4-5,12,14-16H2,1H3. The Kier molecular flexibility index (Phi) is 7.31. The van der Waals surface area contributed by atoms with Crippen molar-refractivity contribution in [1.82, 2.24) is 4.90 Å². The van der Waals surface area contributed by atoms with Crippen LogP contribution in [0.15, 0.2) is 53.4 Å². The predicted molar refractivity (Wildman–Crippen MR) is 112 cm³/mol. The highest BCUT2D eigenvalue weighted by Gasteiger charge is 2.22. The van der Waals surface area contributed by atoms with E-state index in [0.717, 1.165) is 36.4 Å². The molecule has 0 spiro atoms. The molecule has 0 saturated carbocycles. The van der Waals surface area contributed by atoms with Crippen LogP contribution in [0.2, 0.25) is 0 Å². The van der Waals surface area contributed by atoms with E-state index in [1.165, 1.54) is 11.8 Å². The average Bonchev–Trinajstić information content (AvgIpc) is 2.76. The van der Waals surface area contributed by atoms with Crippen molar-refractivity contribution in [3.8, 4) is 6.07 Å². The van der Waals surface area contributed by atoms with Crippen molar-refractivity contribution in [3.63, 3.8) is 0 Å². The fourth-order valence-electron chi connectivity index (χ4n) is 3.31. The Hall–Kier alpha value is -2.78. The summed E-state index contributed by atoms with van der Waals surface area (Å²) >= 11 is 1.53. The lowest BCUT2D eigenvalue weighted by Crippen LogP contribution is -2.41. The van der Waals surface area contributed by atoms with Crippen LogP contribution in [0.3, 0.4) is 0 Å². The maximum absolute atomic E-state index is 12.6. The van der Waals surface area contributed by atoms with E-state index in [9.17, 15) is 9.59 Å². The molecule has 2 aromatic carbocycles. The molecule has 1 fully saturated rings. The Balaban J connectivity index is 1.57. The molecule has 0 aromatic heterocycles. The quantitative estimate of drug-likeness (QED) is 0.527. The molecule has 0 aliphatic carbocycles. The van der Waals surface area contributed by atoms with Gasteiger partial charge in [0.15, 0.2) is 6.61 Å². The molecule has 0 N–H and O–H groups in total. The summed E-state index contributed by atoms with van der Waals surface area (Å²) in [4.78, 5) is 27.5. The van der Waals surface area contributed by atoms with E-state index < -0.39 is 5.97 Å². The largest absolute Gasteiger partial charge is 0.452 e. The third kappa shape index (κ3) is 5.85. The van der Waals surface area contributed by atoms with Gasteiger partial charge in [0.2, 0.25) is 0 Å². The van der Waals surface area contributed by atoms with Crippen LogP contribution in [0.4, 0.5) is 0 Å². The lowest BCUT2D eigenvalue weighted by Gasteiger charge is -2.30. The van der Waals surface area contributed by atoms with Crippen molar-refractivity contribution in [2.24, 2.45) is 5.92 Å². The number of hydrogen-bond donors (Lipinski definition) is 0. The Morgan fingerprint density at radius 1 is 1.21 bits per heavy atom. The van der Waals surface area contributed by atoms with Crippen molar-refractivity contribution in [2.45, 2.75) is 30.4 Å².